The zero-order chi connectivity index (χ0) is 17.2. The van der Waals surface area contributed by atoms with Gasteiger partial charge >= 0.3 is 12.2 Å². The number of ether oxygens (including phenoxy) is 2. The predicted octanol–water partition coefficient (Wildman–Crippen LogP) is 2.65. The monoisotopic (exact) mass is 321 g/mol. The molecule has 2 N–H and O–H groups in total. The SMILES string of the molecule is Cc1ccc(NC(=O)OCCOC(=O)NC(C)C)cc1N=C=O. The molecule has 0 heterocycles. The second-order valence-electron chi connectivity index (χ2n) is 4.90. The molecule has 0 fully saturated rings. The van der Waals surface area contributed by atoms with Gasteiger partial charge in [-0.1, -0.05) is 6.07 Å². The molecule has 0 spiro atoms. The number of anilines is 1. The van der Waals surface area contributed by atoms with Gasteiger partial charge in [0.15, 0.2) is 0 Å². The third-order valence-electron chi connectivity index (χ3n) is 2.58. The van der Waals surface area contributed by atoms with Crippen molar-refractivity contribution in [2.24, 2.45) is 4.99 Å². The number of isocyanates is 1. The lowest BCUT2D eigenvalue weighted by Gasteiger charge is -2.10. The largest absolute Gasteiger partial charge is 0.446 e. The van der Waals surface area contributed by atoms with Crippen molar-refractivity contribution in [1.82, 2.24) is 5.32 Å². The molecule has 124 valence electrons. The van der Waals surface area contributed by atoms with Crippen molar-refractivity contribution < 1.29 is 23.9 Å². The first-order valence-corrected chi connectivity index (χ1v) is 6.98. The van der Waals surface area contributed by atoms with Gasteiger partial charge in [0.2, 0.25) is 6.08 Å². The minimum absolute atomic E-state index is 0.0310. The van der Waals surface area contributed by atoms with Gasteiger partial charge < -0.3 is 14.8 Å². The van der Waals surface area contributed by atoms with Crippen LogP contribution in [0, 0.1) is 6.92 Å². The highest BCUT2D eigenvalue weighted by Crippen LogP contribution is 2.22. The highest BCUT2D eigenvalue weighted by molar-refractivity contribution is 5.85. The second-order valence-corrected chi connectivity index (χ2v) is 4.90. The van der Waals surface area contributed by atoms with E-state index >= 15 is 0 Å². The molecule has 1 rings (SSSR count). The van der Waals surface area contributed by atoms with Crippen molar-refractivity contribution >= 4 is 29.6 Å². The fourth-order valence-electron chi connectivity index (χ4n) is 1.56. The first kappa shape index (κ1) is 18.2. The Kier molecular flexibility index (Phi) is 7.29. The minimum atomic E-state index is -0.706. The quantitative estimate of drug-likeness (QED) is 0.476. The lowest BCUT2D eigenvalue weighted by Crippen LogP contribution is -2.31. The van der Waals surface area contributed by atoms with Crippen molar-refractivity contribution in [3.05, 3.63) is 23.8 Å². The Labute approximate surface area is 133 Å². The molecule has 0 aliphatic heterocycles. The van der Waals surface area contributed by atoms with E-state index < -0.39 is 12.2 Å². The molecule has 0 unspecified atom stereocenters. The summed E-state index contributed by atoms with van der Waals surface area (Å²) in [5, 5.41) is 5.02. The fourth-order valence-corrected chi connectivity index (χ4v) is 1.56. The number of alkyl carbamates (subject to hydrolysis) is 1. The van der Waals surface area contributed by atoms with E-state index in [1.807, 2.05) is 0 Å². The zero-order valence-corrected chi connectivity index (χ0v) is 13.2. The second kappa shape index (κ2) is 9.22. The van der Waals surface area contributed by atoms with Gasteiger partial charge in [0.25, 0.3) is 0 Å². The Morgan fingerprint density at radius 1 is 1.22 bits per heavy atom. The topological polar surface area (TPSA) is 106 Å². The number of rotatable bonds is 6. The van der Waals surface area contributed by atoms with Gasteiger partial charge in [-0.3, -0.25) is 5.32 Å². The number of nitrogens with one attached hydrogen (secondary N) is 2. The number of hydrogen-bond acceptors (Lipinski definition) is 6. The van der Waals surface area contributed by atoms with E-state index in [1.54, 1.807) is 32.9 Å². The van der Waals surface area contributed by atoms with E-state index in [9.17, 15) is 14.4 Å². The van der Waals surface area contributed by atoms with Crippen LogP contribution in [0.2, 0.25) is 0 Å². The third kappa shape index (κ3) is 7.10. The van der Waals surface area contributed by atoms with Crippen molar-refractivity contribution in [2.45, 2.75) is 26.8 Å². The Bertz CT molecular complexity index is 609. The lowest BCUT2D eigenvalue weighted by atomic mass is 10.2. The molecule has 0 aliphatic rings. The molecule has 0 bridgehead atoms. The number of hydrogen-bond donors (Lipinski definition) is 2. The van der Waals surface area contributed by atoms with Crippen molar-refractivity contribution in [3.63, 3.8) is 0 Å². The summed E-state index contributed by atoms with van der Waals surface area (Å²) in [4.78, 5) is 36.6. The molecule has 0 aliphatic carbocycles. The summed E-state index contributed by atoms with van der Waals surface area (Å²) in [6.07, 6.45) is 0.172. The highest BCUT2D eigenvalue weighted by atomic mass is 16.6. The molecule has 8 heteroatoms. The molecule has 0 radical (unpaired) electrons. The molecular formula is C15H19N3O5. The summed E-state index contributed by atoms with van der Waals surface area (Å²) >= 11 is 0. The molecular weight excluding hydrogens is 302 g/mol. The minimum Gasteiger partial charge on any atom is -0.446 e. The first-order valence-electron chi connectivity index (χ1n) is 6.98. The molecule has 23 heavy (non-hydrogen) atoms. The lowest BCUT2D eigenvalue weighted by molar-refractivity contribution is 0.101. The van der Waals surface area contributed by atoms with Crippen LogP contribution >= 0.6 is 0 Å². The first-order chi connectivity index (χ1) is 10.9. The van der Waals surface area contributed by atoms with Crippen LogP contribution in [0.5, 0.6) is 0 Å². The van der Waals surface area contributed by atoms with Crippen LogP contribution in [0.1, 0.15) is 19.4 Å². The van der Waals surface area contributed by atoms with Crippen LogP contribution in [0.4, 0.5) is 21.0 Å². The summed E-state index contributed by atoms with van der Waals surface area (Å²) < 4.78 is 9.68. The summed E-state index contributed by atoms with van der Waals surface area (Å²) in [6.45, 7) is 5.24. The normalized spacial score (nSPS) is 9.74. The molecule has 1 aromatic rings. The number of amides is 2. The smallest absolute Gasteiger partial charge is 0.411 e. The molecule has 2 amide bonds. The van der Waals surface area contributed by atoms with E-state index in [4.69, 9.17) is 9.47 Å². The van der Waals surface area contributed by atoms with Gasteiger partial charge in [-0.15, -0.1) is 0 Å². The number of carbonyl (C=O) groups is 2. The van der Waals surface area contributed by atoms with Crippen LogP contribution in [0.3, 0.4) is 0 Å². The fraction of sp³-hybridized carbons (Fsp3) is 0.400. The number of benzene rings is 1. The molecule has 8 nitrogen and oxygen atoms in total. The van der Waals surface area contributed by atoms with E-state index in [2.05, 4.69) is 15.6 Å². The number of carbonyl (C=O) groups excluding carboxylic acids is 3. The van der Waals surface area contributed by atoms with Gasteiger partial charge in [0.05, 0.1) is 5.69 Å². The summed E-state index contributed by atoms with van der Waals surface area (Å²) in [5.41, 5.74) is 1.61. The third-order valence-corrected chi connectivity index (χ3v) is 2.58. The van der Waals surface area contributed by atoms with Crippen LogP contribution in [0.15, 0.2) is 23.2 Å². The van der Waals surface area contributed by atoms with Gasteiger partial charge in [0, 0.05) is 11.7 Å². The standard InChI is InChI=1S/C15H19N3O5/c1-10(2)17-14(20)22-6-7-23-15(21)18-12-5-4-11(3)13(8-12)16-9-19/h4-5,8,10H,6-7H2,1-3H3,(H,17,20)(H,18,21). The van der Waals surface area contributed by atoms with Gasteiger partial charge in [-0.05, 0) is 38.5 Å². The zero-order valence-electron chi connectivity index (χ0n) is 13.2. The van der Waals surface area contributed by atoms with Gasteiger partial charge in [-0.2, -0.15) is 4.99 Å². The van der Waals surface area contributed by atoms with Gasteiger partial charge in [0.1, 0.15) is 13.2 Å². The average molecular weight is 321 g/mol. The van der Waals surface area contributed by atoms with Crippen molar-refractivity contribution in [3.8, 4) is 0 Å². The number of nitrogens with zero attached hydrogens (tertiary/aromatic N) is 1. The Hall–Kier alpha value is -2.86. The van der Waals surface area contributed by atoms with Crippen LogP contribution in [-0.2, 0) is 14.3 Å². The van der Waals surface area contributed by atoms with E-state index in [1.165, 1.54) is 12.1 Å². The number of aryl methyl sites for hydroxylation is 1. The van der Waals surface area contributed by atoms with E-state index in [0.29, 0.717) is 11.4 Å². The molecule has 0 saturated carbocycles. The summed E-state index contributed by atoms with van der Waals surface area (Å²) in [6, 6.07) is 4.84. The molecule has 1 aromatic carbocycles. The van der Waals surface area contributed by atoms with E-state index in [0.717, 1.165) is 5.56 Å². The van der Waals surface area contributed by atoms with Crippen LogP contribution < -0.4 is 10.6 Å². The molecule has 0 saturated heterocycles. The molecule has 0 atom stereocenters. The number of aliphatic imine (C=N–C) groups is 1. The maximum Gasteiger partial charge on any atom is 0.411 e. The van der Waals surface area contributed by atoms with Crippen molar-refractivity contribution in [2.75, 3.05) is 18.5 Å². The Balaban J connectivity index is 2.38. The Morgan fingerprint density at radius 3 is 2.48 bits per heavy atom. The van der Waals surface area contributed by atoms with Gasteiger partial charge in [-0.25, -0.2) is 14.4 Å². The summed E-state index contributed by atoms with van der Waals surface area (Å²) in [5.74, 6) is 0. The Morgan fingerprint density at radius 2 is 1.87 bits per heavy atom. The van der Waals surface area contributed by atoms with E-state index in [-0.39, 0.29) is 19.3 Å². The average Bonchev–Trinajstić information content (AvgIpc) is 2.47. The predicted molar refractivity (Wildman–Crippen MR) is 83.6 cm³/mol. The molecule has 0 aromatic heterocycles. The van der Waals surface area contributed by atoms with Crippen molar-refractivity contribution in [1.29, 1.82) is 0 Å². The van der Waals surface area contributed by atoms with Crippen LogP contribution in [-0.4, -0.2) is 37.5 Å². The summed E-state index contributed by atoms with van der Waals surface area (Å²) in [7, 11) is 0. The maximum absolute atomic E-state index is 11.6. The van der Waals surface area contributed by atoms with Crippen LogP contribution in [0.25, 0.3) is 0 Å². The maximum atomic E-state index is 11.6. The highest BCUT2D eigenvalue weighted by Gasteiger charge is 2.07.